The zero-order valence-electron chi connectivity index (χ0n) is 12.8. The number of nitrogens with zero attached hydrogens (tertiary/aromatic N) is 1. The normalized spacial score (nSPS) is 12.0. The second-order valence-electron chi connectivity index (χ2n) is 4.84. The molecule has 0 aliphatic carbocycles. The van der Waals surface area contributed by atoms with E-state index in [1.54, 1.807) is 24.3 Å². The number of halogens is 1. The van der Waals surface area contributed by atoms with Crippen molar-refractivity contribution in [2.45, 2.75) is 13.0 Å². The van der Waals surface area contributed by atoms with Gasteiger partial charge in [0.05, 0.1) is 17.7 Å². The predicted molar refractivity (Wildman–Crippen MR) is 86.5 cm³/mol. The maximum Gasteiger partial charge on any atom is 0.339 e. The van der Waals surface area contributed by atoms with Gasteiger partial charge in [0, 0.05) is 19.0 Å². The standard InChI is InChI=1S/C16H17ClN2O4/c1-10(15(20)18-7-8-22-2)23-16(21)12-9-14(17)19-13-6-4-3-5-11(12)13/h3-6,9-10H,7-8H2,1-2H3,(H,18,20)/t10-/m1/s1. The van der Waals surface area contributed by atoms with E-state index < -0.39 is 12.1 Å². The average molecular weight is 337 g/mol. The van der Waals surface area contributed by atoms with Gasteiger partial charge in [-0.3, -0.25) is 4.79 Å². The van der Waals surface area contributed by atoms with Crippen molar-refractivity contribution in [3.63, 3.8) is 0 Å². The summed E-state index contributed by atoms with van der Waals surface area (Å²) in [6, 6.07) is 8.52. The molecule has 0 aliphatic heterocycles. The van der Waals surface area contributed by atoms with Crippen LogP contribution >= 0.6 is 11.6 Å². The van der Waals surface area contributed by atoms with Gasteiger partial charge in [-0.25, -0.2) is 9.78 Å². The van der Waals surface area contributed by atoms with Crippen molar-refractivity contribution in [2.24, 2.45) is 0 Å². The summed E-state index contributed by atoms with van der Waals surface area (Å²) < 4.78 is 10.1. The molecule has 1 amide bonds. The molecular formula is C16H17ClN2O4. The molecule has 1 aromatic carbocycles. The van der Waals surface area contributed by atoms with Gasteiger partial charge in [0.1, 0.15) is 5.15 Å². The van der Waals surface area contributed by atoms with E-state index in [1.807, 2.05) is 0 Å². The number of fused-ring (bicyclic) bond motifs is 1. The highest BCUT2D eigenvalue weighted by atomic mass is 35.5. The Morgan fingerprint density at radius 3 is 2.83 bits per heavy atom. The van der Waals surface area contributed by atoms with E-state index in [0.717, 1.165) is 0 Å². The zero-order valence-corrected chi connectivity index (χ0v) is 13.6. The van der Waals surface area contributed by atoms with Crippen LogP contribution in [0.15, 0.2) is 30.3 Å². The third-order valence-corrected chi connectivity index (χ3v) is 3.36. The third-order valence-electron chi connectivity index (χ3n) is 3.16. The lowest BCUT2D eigenvalue weighted by atomic mass is 10.1. The number of carbonyl (C=O) groups excluding carboxylic acids is 2. The number of para-hydroxylation sites is 1. The molecule has 0 aliphatic rings. The van der Waals surface area contributed by atoms with Crippen LogP contribution in [0.25, 0.3) is 10.9 Å². The van der Waals surface area contributed by atoms with Gasteiger partial charge in [-0.05, 0) is 19.1 Å². The topological polar surface area (TPSA) is 77.5 Å². The van der Waals surface area contributed by atoms with Crippen LogP contribution in [0, 0.1) is 0 Å². The van der Waals surface area contributed by atoms with Crippen LogP contribution in [0.1, 0.15) is 17.3 Å². The lowest BCUT2D eigenvalue weighted by Gasteiger charge is -2.14. The fourth-order valence-electron chi connectivity index (χ4n) is 2.01. The van der Waals surface area contributed by atoms with Crippen LogP contribution in [-0.4, -0.2) is 43.2 Å². The molecular weight excluding hydrogens is 320 g/mol. The molecule has 1 atom stereocenters. The van der Waals surface area contributed by atoms with Crippen molar-refractivity contribution in [3.8, 4) is 0 Å². The molecule has 2 aromatic rings. The second-order valence-corrected chi connectivity index (χ2v) is 5.23. The number of nitrogens with one attached hydrogen (secondary N) is 1. The number of pyridine rings is 1. The van der Waals surface area contributed by atoms with Gasteiger partial charge < -0.3 is 14.8 Å². The number of carbonyl (C=O) groups is 2. The summed E-state index contributed by atoms with van der Waals surface area (Å²) in [6.07, 6.45) is -0.926. The minimum atomic E-state index is -0.926. The van der Waals surface area contributed by atoms with Crippen LogP contribution in [0.4, 0.5) is 0 Å². The van der Waals surface area contributed by atoms with Gasteiger partial charge in [0.15, 0.2) is 6.10 Å². The van der Waals surface area contributed by atoms with Crippen LogP contribution in [0.3, 0.4) is 0 Å². The Labute approximate surface area is 138 Å². The Balaban J connectivity index is 2.13. The Hall–Kier alpha value is -2.18. The highest BCUT2D eigenvalue weighted by Gasteiger charge is 2.20. The van der Waals surface area contributed by atoms with Crippen LogP contribution in [0.5, 0.6) is 0 Å². The molecule has 1 N–H and O–H groups in total. The SMILES string of the molecule is COCCNC(=O)[C@@H](C)OC(=O)c1cc(Cl)nc2ccccc12. The summed E-state index contributed by atoms with van der Waals surface area (Å²) in [6.45, 7) is 2.24. The molecule has 0 radical (unpaired) electrons. The molecule has 0 saturated heterocycles. The van der Waals surface area contributed by atoms with Gasteiger partial charge in [0.2, 0.25) is 0 Å². The number of hydrogen-bond donors (Lipinski definition) is 1. The molecule has 122 valence electrons. The van der Waals surface area contributed by atoms with Gasteiger partial charge in [-0.2, -0.15) is 0 Å². The van der Waals surface area contributed by atoms with Crippen LogP contribution < -0.4 is 5.32 Å². The molecule has 0 bridgehead atoms. The second kappa shape index (κ2) is 7.89. The van der Waals surface area contributed by atoms with E-state index in [0.29, 0.717) is 24.1 Å². The molecule has 23 heavy (non-hydrogen) atoms. The van der Waals surface area contributed by atoms with E-state index >= 15 is 0 Å². The summed E-state index contributed by atoms with van der Waals surface area (Å²) in [5.41, 5.74) is 0.862. The van der Waals surface area contributed by atoms with Gasteiger partial charge in [0.25, 0.3) is 5.91 Å². The summed E-state index contributed by atoms with van der Waals surface area (Å²) in [5, 5.41) is 3.42. The quantitative estimate of drug-likeness (QED) is 0.497. The number of esters is 1. The number of rotatable bonds is 6. The molecule has 2 rings (SSSR count). The van der Waals surface area contributed by atoms with Crippen molar-refractivity contribution >= 4 is 34.4 Å². The van der Waals surface area contributed by atoms with E-state index in [1.165, 1.54) is 20.1 Å². The summed E-state index contributed by atoms with van der Waals surface area (Å²) >= 11 is 5.94. The van der Waals surface area contributed by atoms with Crippen LogP contribution in [-0.2, 0) is 14.3 Å². The number of amides is 1. The maximum absolute atomic E-state index is 12.3. The lowest BCUT2D eigenvalue weighted by molar-refractivity contribution is -0.129. The molecule has 7 heteroatoms. The first-order valence-corrected chi connectivity index (χ1v) is 7.43. The number of hydrogen-bond acceptors (Lipinski definition) is 5. The highest BCUT2D eigenvalue weighted by Crippen LogP contribution is 2.21. The van der Waals surface area contributed by atoms with E-state index in [4.69, 9.17) is 21.1 Å². The monoisotopic (exact) mass is 336 g/mol. The molecule has 6 nitrogen and oxygen atoms in total. The predicted octanol–water partition coefficient (Wildman–Crippen LogP) is 2.20. The molecule has 1 heterocycles. The Morgan fingerprint density at radius 1 is 1.35 bits per heavy atom. The molecule has 0 spiro atoms. The number of benzene rings is 1. The molecule has 0 unspecified atom stereocenters. The Morgan fingerprint density at radius 2 is 2.09 bits per heavy atom. The first-order valence-electron chi connectivity index (χ1n) is 7.06. The fraction of sp³-hybridized carbons (Fsp3) is 0.312. The highest BCUT2D eigenvalue weighted by molar-refractivity contribution is 6.30. The summed E-state index contributed by atoms with van der Waals surface area (Å²) in [5.74, 6) is -1.01. The zero-order chi connectivity index (χ0) is 16.8. The van der Waals surface area contributed by atoms with Gasteiger partial charge in [-0.1, -0.05) is 29.8 Å². The Kier molecular flexibility index (Phi) is 5.90. The molecule has 0 saturated carbocycles. The van der Waals surface area contributed by atoms with Crippen molar-refractivity contribution in [3.05, 3.63) is 41.0 Å². The maximum atomic E-state index is 12.3. The first kappa shape index (κ1) is 17.2. The fourth-order valence-corrected chi connectivity index (χ4v) is 2.21. The first-order chi connectivity index (χ1) is 11.0. The number of ether oxygens (including phenoxy) is 2. The van der Waals surface area contributed by atoms with E-state index in [2.05, 4.69) is 10.3 Å². The van der Waals surface area contributed by atoms with E-state index in [9.17, 15) is 9.59 Å². The van der Waals surface area contributed by atoms with Crippen LogP contribution in [0.2, 0.25) is 5.15 Å². The minimum Gasteiger partial charge on any atom is -0.449 e. The van der Waals surface area contributed by atoms with Gasteiger partial charge >= 0.3 is 5.97 Å². The largest absolute Gasteiger partial charge is 0.449 e. The summed E-state index contributed by atoms with van der Waals surface area (Å²) in [7, 11) is 1.54. The lowest BCUT2D eigenvalue weighted by Crippen LogP contribution is -2.37. The van der Waals surface area contributed by atoms with Gasteiger partial charge in [-0.15, -0.1) is 0 Å². The third kappa shape index (κ3) is 4.40. The van der Waals surface area contributed by atoms with Crippen molar-refractivity contribution in [1.82, 2.24) is 10.3 Å². The van der Waals surface area contributed by atoms with Crippen molar-refractivity contribution in [1.29, 1.82) is 0 Å². The average Bonchev–Trinajstić information content (AvgIpc) is 2.53. The van der Waals surface area contributed by atoms with E-state index in [-0.39, 0.29) is 16.6 Å². The number of methoxy groups -OCH3 is 1. The summed E-state index contributed by atoms with van der Waals surface area (Å²) in [4.78, 5) is 28.3. The van der Waals surface area contributed by atoms with Crippen molar-refractivity contribution in [2.75, 3.05) is 20.3 Å². The smallest absolute Gasteiger partial charge is 0.339 e. The minimum absolute atomic E-state index is 0.188. The Bertz CT molecular complexity index is 720. The van der Waals surface area contributed by atoms with Crippen molar-refractivity contribution < 1.29 is 19.1 Å². The molecule has 0 fully saturated rings. The molecule has 1 aromatic heterocycles. The number of aromatic nitrogens is 1.